The topological polar surface area (TPSA) is 82.9 Å². The van der Waals surface area contributed by atoms with Gasteiger partial charge in [-0.15, -0.1) is 0 Å². The SMILES string of the molecule is Cc1cccc(N2CCN(C(=O)c3cc(S(=O)(=O)NCc4ccco4)ccc3C)CC2)c1. The first-order valence-electron chi connectivity index (χ1n) is 10.6. The fourth-order valence-electron chi connectivity index (χ4n) is 3.82. The molecule has 0 unspecified atom stereocenters. The van der Waals surface area contributed by atoms with E-state index in [1.807, 2.05) is 13.0 Å². The molecule has 1 N–H and O–H groups in total. The molecule has 1 saturated heterocycles. The molecule has 8 heteroatoms. The second-order valence-corrected chi connectivity index (χ2v) is 9.77. The molecular weight excluding hydrogens is 426 g/mol. The van der Waals surface area contributed by atoms with E-state index in [2.05, 4.69) is 34.7 Å². The van der Waals surface area contributed by atoms with Crippen molar-refractivity contribution in [3.05, 3.63) is 83.3 Å². The van der Waals surface area contributed by atoms with Crippen molar-refractivity contribution in [2.24, 2.45) is 0 Å². The first-order valence-corrected chi connectivity index (χ1v) is 12.1. The monoisotopic (exact) mass is 453 g/mol. The number of rotatable bonds is 6. The minimum Gasteiger partial charge on any atom is -0.468 e. The zero-order valence-electron chi connectivity index (χ0n) is 18.2. The van der Waals surface area contributed by atoms with Gasteiger partial charge >= 0.3 is 0 Å². The van der Waals surface area contributed by atoms with Gasteiger partial charge in [-0.2, -0.15) is 0 Å². The van der Waals surface area contributed by atoms with E-state index < -0.39 is 10.0 Å². The maximum atomic E-state index is 13.2. The Balaban J connectivity index is 1.46. The van der Waals surface area contributed by atoms with Crippen molar-refractivity contribution in [3.63, 3.8) is 0 Å². The lowest BCUT2D eigenvalue weighted by Gasteiger charge is -2.36. The molecule has 0 saturated carbocycles. The molecule has 1 amide bonds. The summed E-state index contributed by atoms with van der Waals surface area (Å²) < 4.78 is 33.2. The molecule has 1 fully saturated rings. The van der Waals surface area contributed by atoms with Crippen molar-refractivity contribution in [1.29, 1.82) is 0 Å². The number of benzene rings is 2. The average molecular weight is 454 g/mol. The van der Waals surface area contributed by atoms with Gasteiger partial charge in [0.2, 0.25) is 10.0 Å². The molecule has 2 aromatic carbocycles. The Kier molecular flexibility index (Phi) is 6.34. The Morgan fingerprint density at radius 2 is 1.78 bits per heavy atom. The van der Waals surface area contributed by atoms with Gasteiger partial charge < -0.3 is 14.2 Å². The van der Waals surface area contributed by atoms with E-state index in [-0.39, 0.29) is 17.3 Å². The molecule has 168 valence electrons. The maximum absolute atomic E-state index is 13.2. The number of sulfonamides is 1. The molecular formula is C24H27N3O4S. The van der Waals surface area contributed by atoms with Crippen molar-refractivity contribution in [2.45, 2.75) is 25.3 Å². The summed E-state index contributed by atoms with van der Waals surface area (Å²) >= 11 is 0. The molecule has 0 radical (unpaired) electrons. The molecule has 0 bridgehead atoms. The molecule has 2 heterocycles. The Bertz CT molecular complexity index is 1200. The van der Waals surface area contributed by atoms with Crippen molar-refractivity contribution in [3.8, 4) is 0 Å². The van der Waals surface area contributed by atoms with Crippen LogP contribution < -0.4 is 9.62 Å². The number of amides is 1. The standard InChI is InChI=1S/C24H27N3O4S/c1-18-5-3-6-20(15-18)26-10-12-27(13-11-26)24(28)23-16-22(9-8-19(23)2)32(29,30)25-17-21-7-4-14-31-21/h3-9,14-16,25H,10-13,17H2,1-2H3. The highest BCUT2D eigenvalue weighted by molar-refractivity contribution is 7.89. The Morgan fingerprint density at radius 3 is 2.47 bits per heavy atom. The first kappa shape index (κ1) is 22.1. The predicted molar refractivity (Wildman–Crippen MR) is 123 cm³/mol. The van der Waals surface area contributed by atoms with Crippen molar-refractivity contribution >= 4 is 21.6 Å². The number of hydrogen-bond acceptors (Lipinski definition) is 5. The fourth-order valence-corrected chi connectivity index (χ4v) is 4.84. The van der Waals surface area contributed by atoms with Crippen molar-refractivity contribution in [1.82, 2.24) is 9.62 Å². The molecule has 3 aromatic rings. The number of aryl methyl sites for hydroxylation is 2. The highest BCUT2D eigenvalue weighted by Gasteiger charge is 2.25. The van der Waals surface area contributed by atoms with Crippen LogP contribution in [0.25, 0.3) is 0 Å². The van der Waals surface area contributed by atoms with Crippen LogP contribution in [0.3, 0.4) is 0 Å². The van der Waals surface area contributed by atoms with Gasteiger partial charge in [-0.3, -0.25) is 4.79 Å². The third-order valence-corrected chi connectivity index (χ3v) is 7.10. The van der Waals surface area contributed by atoms with Gasteiger partial charge in [0.05, 0.1) is 17.7 Å². The average Bonchev–Trinajstić information content (AvgIpc) is 3.31. The third-order valence-electron chi connectivity index (χ3n) is 5.70. The molecule has 0 aliphatic carbocycles. The first-order chi connectivity index (χ1) is 15.3. The van der Waals surface area contributed by atoms with E-state index >= 15 is 0 Å². The van der Waals surface area contributed by atoms with Crippen LogP contribution >= 0.6 is 0 Å². The zero-order chi connectivity index (χ0) is 22.7. The molecule has 0 spiro atoms. The van der Waals surface area contributed by atoms with Crippen LogP contribution in [0.1, 0.15) is 27.2 Å². The summed E-state index contributed by atoms with van der Waals surface area (Å²) in [5, 5.41) is 0. The van der Waals surface area contributed by atoms with Crippen LogP contribution in [0.4, 0.5) is 5.69 Å². The lowest BCUT2D eigenvalue weighted by molar-refractivity contribution is 0.0746. The summed E-state index contributed by atoms with van der Waals surface area (Å²) in [5.74, 6) is 0.373. The van der Waals surface area contributed by atoms with Gasteiger partial charge in [-0.25, -0.2) is 13.1 Å². The normalized spacial score (nSPS) is 14.6. The number of piperazine rings is 1. The lowest BCUT2D eigenvalue weighted by Crippen LogP contribution is -2.49. The quantitative estimate of drug-likeness (QED) is 0.619. The summed E-state index contributed by atoms with van der Waals surface area (Å²) in [6.07, 6.45) is 1.49. The Labute approximate surface area is 188 Å². The summed E-state index contributed by atoms with van der Waals surface area (Å²) in [6.45, 7) is 6.57. The van der Waals surface area contributed by atoms with E-state index in [1.54, 1.807) is 23.1 Å². The van der Waals surface area contributed by atoms with Gasteiger partial charge in [0.25, 0.3) is 5.91 Å². The predicted octanol–water partition coefficient (Wildman–Crippen LogP) is 3.34. The van der Waals surface area contributed by atoms with E-state index in [0.717, 1.165) is 24.3 Å². The molecule has 32 heavy (non-hydrogen) atoms. The number of nitrogens with one attached hydrogen (secondary N) is 1. The summed E-state index contributed by atoms with van der Waals surface area (Å²) in [6, 6.07) is 16.4. The van der Waals surface area contributed by atoms with Crippen LogP contribution in [0.15, 0.2) is 70.2 Å². The smallest absolute Gasteiger partial charge is 0.254 e. The van der Waals surface area contributed by atoms with E-state index in [1.165, 1.54) is 24.0 Å². The molecule has 4 rings (SSSR count). The Morgan fingerprint density at radius 1 is 1.00 bits per heavy atom. The fraction of sp³-hybridized carbons (Fsp3) is 0.292. The van der Waals surface area contributed by atoms with Crippen molar-refractivity contribution in [2.75, 3.05) is 31.1 Å². The summed E-state index contributed by atoms with van der Waals surface area (Å²) in [4.78, 5) is 17.3. The van der Waals surface area contributed by atoms with Gasteiger partial charge in [0.15, 0.2) is 0 Å². The molecule has 7 nitrogen and oxygen atoms in total. The second-order valence-electron chi connectivity index (χ2n) is 8.00. The van der Waals surface area contributed by atoms with Crippen LogP contribution in [-0.2, 0) is 16.6 Å². The van der Waals surface area contributed by atoms with Crippen LogP contribution in [0.2, 0.25) is 0 Å². The number of carbonyl (C=O) groups excluding carboxylic acids is 1. The lowest BCUT2D eigenvalue weighted by atomic mass is 10.1. The molecule has 1 aliphatic rings. The van der Waals surface area contributed by atoms with Crippen LogP contribution in [0, 0.1) is 13.8 Å². The van der Waals surface area contributed by atoms with E-state index in [9.17, 15) is 13.2 Å². The minimum absolute atomic E-state index is 0.0490. The van der Waals surface area contributed by atoms with E-state index in [0.29, 0.717) is 24.4 Å². The second kappa shape index (κ2) is 9.18. The largest absolute Gasteiger partial charge is 0.468 e. The number of hydrogen-bond donors (Lipinski definition) is 1. The van der Waals surface area contributed by atoms with Crippen LogP contribution in [0.5, 0.6) is 0 Å². The van der Waals surface area contributed by atoms with Crippen molar-refractivity contribution < 1.29 is 17.6 Å². The van der Waals surface area contributed by atoms with Gasteiger partial charge in [-0.1, -0.05) is 18.2 Å². The molecule has 1 aliphatic heterocycles. The Hall–Kier alpha value is -3.10. The van der Waals surface area contributed by atoms with Gasteiger partial charge in [0, 0.05) is 37.4 Å². The zero-order valence-corrected chi connectivity index (χ0v) is 19.1. The number of furan rings is 1. The summed E-state index contributed by atoms with van der Waals surface area (Å²) in [7, 11) is -3.78. The van der Waals surface area contributed by atoms with Crippen LogP contribution in [-0.4, -0.2) is 45.4 Å². The highest BCUT2D eigenvalue weighted by atomic mass is 32.2. The molecule has 0 atom stereocenters. The number of nitrogens with zero attached hydrogens (tertiary/aromatic N) is 2. The van der Waals surface area contributed by atoms with E-state index in [4.69, 9.17) is 4.42 Å². The van der Waals surface area contributed by atoms with Gasteiger partial charge in [-0.05, 0) is 61.4 Å². The number of carbonyl (C=O) groups is 1. The number of anilines is 1. The highest BCUT2D eigenvalue weighted by Crippen LogP contribution is 2.21. The van der Waals surface area contributed by atoms with Gasteiger partial charge in [0.1, 0.15) is 5.76 Å². The maximum Gasteiger partial charge on any atom is 0.254 e. The third kappa shape index (κ3) is 4.87. The summed E-state index contributed by atoms with van der Waals surface area (Å²) in [5.41, 5.74) is 3.52. The molecule has 1 aromatic heterocycles. The minimum atomic E-state index is -3.78.